The maximum Gasteiger partial charge on any atom is 0.0249 e. The summed E-state index contributed by atoms with van der Waals surface area (Å²) in [6, 6.07) is 1.55. The van der Waals surface area contributed by atoms with Gasteiger partial charge in [0.05, 0.1) is 0 Å². The van der Waals surface area contributed by atoms with Crippen LogP contribution in [-0.2, 0) is 0 Å². The Morgan fingerprint density at radius 2 is 1.52 bits per heavy atom. The van der Waals surface area contributed by atoms with E-state index < -0.39 is 0 Å². The molecule has 2 heterocycles. The molecule has 0 spiro atoms. The predicted octanol–water partition coefficient (Wildman–Crippen LogP) is 2.71. The Bertz CT molecular complexity index is 293. The van der Waals surface area contributed by atoms with Gasteiger partial charge in [-0.25, -0.2) is 0 Å². The molecule has 3 rings (SSSR count). The lowest BCUT2D eigenvalue weighted by atomic mass is 9.92. The molecule has 1 N–H and O–H groups in total. The van der Waals surface area contributed by atoms with E-state index in [1.165, 1.54) is 90.5 Å². The number of piperidine rings is 1. The monoisotopic (exact) mass is 293 g/mol. The van der Waals surface area contributed by atoms with Crippen molar-refractivity contribution >= 4 is 0 Å². The highest BCUT2D eigenvalue weighted by atomic mass is 15.2. The molecule has 3 aliphatic rings. The molecule has 0 aromatic rings. The summed E-state index contributed by atoms with van der Waals surface area (Å²) >= 11 is 0. The van der Waals surface area contributed by atoms with Crippen molar-refractivity contribution in [2.75, 3.05) is 39.8 Å². The van der Waals surface area contributed by atoms with E-state index in [-0.39, 0.29) is 0 Å². The van der Waals surface area contributed by atoms with Crippen LogP contribution < -0.4 is 5.32 Å². The summed E-state index contributed by atoms with van der Waals surface area (Å²) in [5.74, 6) is 0.971. The summed E-state index contributed by atoms with van der Waals surface area (Å²) in [5.41, 5.74) is 0. The smallest absolute Gasteiger partial charge is 0.0249 e. The third-order valence-electron chi connectivity index (χ3n) is 6.18. The molecule has 0 radical (unpaired) electrons. The Kier molecular flexibility index (Phi) is 5.96. The van der Waals surface area contributed by atoms with Gasteiger partial charge in [-0.15, -0.1) is 0 Å². The Morgan fingerprint density at radius 3 is 2.24 bits per heavy atom. The molecule has 3 fully saturated rings. The summed E-state index contributed by atoms with van der Waals surface area (Å²) in [4.78, 5) is 5.54. The second-order valence-electron chi connectivity index (χ2n) is 7.59. The van der Waals surface area contributed by atoms with E-state index in [0.717, 1.165) is 18.0 Å². The van der Waals surface area contributed by atoms with Gasteiger partial charge < -0.3 is 10.2 Å². The largest absolute Gasteiger partial charge is 0.315 e. The van der Waals surface area contributed by atoms with Gasteiger partial charge in [-0.3, -0.25) is 4.90 Å². The maximum absolute atomic E-state index is 3.61. The highest BCUT2D eigenvalue weighted by Gasteiger charge is 2.31. The van der Waals surface area contributed by atoms with Crippen LogP contribution in [-0.4, -0.2) is 61.7 Å². The third-order valence-corrected chi connectivity index (χ3v) is 6.18. The van der Waals surface area contributed by atoms with E-state index in [4.69, 9.17) is 0 Å². The van der Waals surface area contributed by atoms with Crippen molar-refractivity contribution < 1.29 is 0 Å². The molecule has 2 saturated heterocycles. The first kappa shape index (κ1) is 15.8. The quantitative estimate of drug-likeness (QED) is 0.804. The molecule has 0 aromatic carbocycles. The lowest BCUT2D eigenvalue weighted by Crippen LogP contribution is -2.51. The van der Waals surface area contributed by atoms with Crippen molar-refractivity contribution in [2.45, 2.75) is 69.9 Å². The molecule has 3 heteroatoms. The zero-order chi connectivity index (χ0) is 14.5. The summed E-state index contributed by atoms with van der Waals surface area (Å²) in [7, 11) is 2.17. The van der Waals surface area contributed by atoms with Crippen molar-refractivity contribution in [3.05, 3.63) is 0 Å². The molecule has 1 saturated carbocycles. The van der Waals surface area contributed by atoms with Crippen LogP contribution in [0.3, 0.4) is 0 Å². The molecule has 21 heavy (non-hydrogen) atoms. The predicted molar refractivity (Wildman–Crippen MR) is 89.7 cm³/mol. The standard InChI is InChI=1S/C18H35N3/c1-19-17-7-3-2-4-8-18(17)21-13-9-16(10-14-21)15-20-11-5-6-12-20/h16-19H,2-15H2,1H3. The molecule has 0 amide bonds. The van der Waals surface area contributed by atoms with Crippen LogP contribution in [0.4, 0.5) is 0 Å². The normalized spacial score (nSPS) is 34.1. The molecule has 0 aromatic heterocycles. The van der Waals surface area contributed by atoms with Gasteiger partial charge in [-0.1, -0.05) is 19.3 Å². The maximum atomic E-state index is 3.61. The minimum Gasteiger partial charge on any atom is -0.315 e. The first-order valence-corrected chi connectivity index (χ1v) is 9.50. The minimum atomic E-state index is 0.739. The fourth-order valence-corrected chi connectivity index (χ4v) is 4.86. The zero-order valence-electron chi connectivity index (χ0n) is 14.0. The van der Waals surface area contributed by atoms with Crippen LogP contribution >= 0.6 is 0 Å². The number of nitrogens with zero attached hydrogens (tertiary/aromatic N) is 2. The zero-order valence-corrected chi connectivity index (χ0v) is 14.0. The topological polar surface area (TPSA) is 18.5 Å². The Balaban J connectivity index is 1.47. The lowest BCUT2D eigenvalue weighted by Gasteiger charge is -2.41. The van der Waals surface area contributed by atoms with Crippen molar-refractivity contribution in [2.24, 2.45) is 5.92 Å². The molecule has 0 bridgehead atoms. The summed E-state index contributed by atoms with van der Waals surface area (Å²) in [5, 5.41) is 3.61. The fraction of sp³-hybridized carbons (Fsp3) is 1.00. The van der Waals surface area contributed by atoms with E-state index in [1.807, 2.05) is 0 Å². The average molecular weight is 293 g/mol. The number of likely N-dealkylation sites (tertiary alicyclic amines) is 2. The van der Waals surface area contributed by atoms with Crippen LogP contribution in [0.15, 0.2) is 0 Å². The van der Waals surface area contributed by atoms with Gasteiger partial charge >= 0.3 is 0 Å². The van der Waals surface area contributed by atoms with Crippen molar-refractivity contribution in [1.29, 1.82) is 0 Å². The molecule has 2 unspecified atom stereocenters. The van der Waals surface area contributed by atoms with Crippen LogP contribution in [0.5, 0.6) is 0 Å². The van der Waals surface area contributed by atoms with Crippen LogP contribution in [0.25, 0.3) is 0 Å². The number of hydrogen-bond donors (Lipinski definition) is 1. The van der Waals surface area contributed by atoms with Gasteiger partial charge in [-0.05, 0) is 77.7 Å². The van der Waals surface area contributed by atoms with Crippen LogP contribution in [0.2, 0.25) is 0 Å². The van der Waals surface area contributed by atoms with Crippen LogP contribution in [0, 0.1) is 5.92 Å². The van der Waals surface area contributed by atoms with E-state index in [0.29, 0.717) is 0 Å². The second-order valence-corrected chi connectivity index (χ2v) is 7.59. The molecular weight excluding hydrogens is 258 g/mol. The molecule has 2 aliphatic heterocycles. The van der Waals surface area contributed by atoms with E-state index in [2.05, 4.69) is 22.2 Å². The van der Waals surface area contributed by atoms with Gasteiger partial charge in [0.15, 0.2) is 0 Å². The van der Waals surface area contributed by atoms with Gasteiger partial charge in [0.25, 0.3) is 0 Å². The highest BCUT2D eigenvalue weighted by molar-refractivity contribution is 4.89. The second kappa shape index (κ2) is 7.94. The van der Waals surface area contributed by atoms with Gasteiger partial charge in [0, 0.05) is 18.6 Å². The molecular formula is C18H35N3. The van der Waals surface area contributed by atoms with Gasteiger partial charge in [0.2, 0.25) is 0 Å². The SMILES string of the molecule is CNC1CCCCCC1N1CCC(CN2CCCC2)CC1. The number of likely N-dealkylation sites (N-methyl/N-ethyl adjacent to an activating group) is 1. The summed E-state index contributed by atoms with van der Waals surface area (Å²) in [6.07, 6.45) is 12.9. The summed E-state index contributed by atoms with van der Waals surface area (Å²) < 4.78 is 0. The number of hydrogen-bond acceptors (Lipinski definition) is 3. The fourth-order valence-electron chi connectivity index (χ4n) is 4.86. The first-order valence-electron chi connectivity index (χ1n) is 9.50. The highest BCUT2D eigenvalue weighted by Crippen LogP contribution is 2.27. The van der Waals surface area contributed by atoms with E-state index in [1.54, 1.807) is 0 Å². The molecule has 2 atom stereocenters. The van der Waals surface area contributed by atoms with Gasteiger partial charge in [0.1, 0.15) is 0 Å². The molecule has 3 nitrogen and oxygen atoms in total. The minimum absolute atomic E-state index is 0.739. The first-order chi connectivity index (χ1) is 10.4. The van der Waals surface area contributed by atoms with Gasteiger partial charge in [-0.2, -0.15) is 0 Å². The summed E-state index contributed by atoms with van der Waals surface area (Å²) in [6.45, 7) is 6.81. The Labute approximate surface area is 131 Å². The average Bonchev–Trinajstić information content (AvgIpc) is 2.90. The Morgan fingerprint density at radius 1 is 0.810 bits per heavy atom. The van der Waals surface area contributed by atoms with E-state index in [9.17, 15) is 0 Å². The molecule has 122 valence electrons. The number of nitrogens with one attached hydrogen (secondary N) is 1. The van der Waals surface area contributed by atoms with Crippen LogP contribution in [0.1, 0.15) is 57.8 Å². The number of rotatable bonds is 4. The molecule has 1 aliphatic carbocycles. The van der Waals surface area contributed by atoms with Crippen molar-refractivity contribution in [1.82, 2.24) is 15.1 Å². The Hall–Kier alpha value is -0.120. The third kappa shape index (κ3) is 4.20. The van der Waals surface area contributed by atoms with Crippen molar-refractivity contribution in [3.8, 4) is 0 Å². The lowest BCUT2D eigenvalue weighted by molar-refractivity contribution is 0.0916. The van der Waals surface area contributed by atoms with Crippen molar-refractivity contribution in [3.63, 3.8) is 0 Å². The van der Waals surface area contributed by atoms with E-state index >= 15 is 0 Å².